The minimum Gasteiger partial charge on any atom is -0.463 e. The predicted molar refractivity (Wildman–Crippen MR) is 78.0 cm³/mol. The molecule has 0 N–H and O–H groups in total. The van der Waals surface area contributed by atoms with Crippen molar-refractivity contribution in [1.29, 1.82) is 0 Å². The fourth-order valence-corrected chi connectivity index (χ4v) is 1.74. The van der Waals surface area contributed by atoms with E-state index in [0.29, 0.717) is 5.56 Å². The molecule has 6 nitrogen and oxygen atoms in total. The second-order valence-electron chi connectivity index (χ2n) is 4.40. The molecule has 118 valence electrons. The van der Waals surface area contributed by atoms with Gasteiger partial charge in [0, 0.05) is 19.4 Å². The van der Waals surface area contributed by atoms with Crippen molar-refractivity contribution < 1.29 is 28.6 Å². The third-order valence-electron chi connectivity index (χ3n) is 2.56. The standard InChI is InChI=1S/C16H18O6/c1-5-20-16(19)10(2)15(22-12(4)18)13-7-6-8-14(9-13)21-11(3)17/h6-9,15H,2,5H2,1,3-4H3. The van der Waals surface area contributed by atoms with Gasteiger partial charge in [-0.2, -0.15) is 0 Å². The van der Waals surface area contributed by atoms with Crippen LogP contribution in [0.3, 0.4) is 0 Å². The molecule has 22 heavy (non-hydrogen) atoms. The van der Waals surface area contributed by atoms with Gasteiger partial charge in [-0.15, -0.1) is 0 Å². The first-order valence-electron chi connectivity index (χ1n) is 6.66. The van der Waals surface area contributed by atoms with Crippen molar-refractivity contribution in [2.45, 2.75) is 26.9 Å². The zero-order valence-corrected chi connectivity index (χ0v) is 12.8. The van der Waals surface area contributed by atoms with E-state index in [1.54, 1.807) is 25.1 Å². The highest BCUT2D eigenvalue weighted by Crippen LogP contribution is 2.28. The molecule has 0 spiro atoms. The highest BCUT2D eigenvalue weighted by Gasteiger charge is 2.25. The van der Waals surface area contributed by atoms with Crippen molar-refractivity contribution in [3.05, 3.63) is 42.0 Å². The van der Waals surface area contributed by atoms with Gasteiger partial charge >= 0.3 is 17.9 Å². The first-order valence-corrected chi connectivity index (χ1v) is 6.66. The summed E-state index contributed by atoms with van der Waals surface area (Å²) in [6.45, 7) is 7.97. The third-order valence-corrected chi connectivity index (χ3v) is 2.56. The minimum atomic E-state index is -1.01. The average Bonchev–Trinajstić information content (AvgIpc) is 2.43. The summed E-state index contributed by atoms with van der Waals surface area (Å²) in [6, 6.07) is 6.32. The topological polar surface area (TPSA) is 78.9 Å². The minimum absolute atomic E-state index is 0.0166. The monoisotopic (exact) mass is 306 g/mol. The Bertz CT molecular complexity index is 590. The van der Waals surface area contributed by atoms with Gasteiger partial charge in [0.2, 0.25) is 0 Å². The number of carbonyl (C=O) groups excluding carboxylic acids is 3. The SMILES string of the molecule is C=C(C(=O)OCC)C(OC(C)=O)c1cccc(OC(C)=O)c1. The lowest BCUT2D eigenvalue weighted by Gasteiger charge is -2.19. The van der Waals surface area contributed by atoms with E-state index in [1.165, 1.54) is 19.9 Å². The Hall–Kier alpha value is -2.63. The molecule has 0 bridgehead atoms. The maximum atomic E-state index is 11.8. The molecule has 0 aliphatic carbocycles. The number of hydrogen-bond donors (Lipinski definition) is 0. The molecule has 1 atom stereocenters. The third kappa shape index (κ3) is 5.05. The van der Waals surface area contributed by atoms with Gasteiger partial charge in [0.1, 0.15) is 5.75 Å². The van der Waals surface area contributed by atoms with Gasteiger partial charge in [0.15, 0.2) is 6.10 Å². The number of esters is 3. The van der Waals surface area contributed by atoms with Crippen LogP contribution in [-0.2, 0) is 23.9 Å². The molecule has 0 fully saturated rings. The Morgan fingerprint density at radius 1 is 1.18 bits per heavy atom. The second-order valence-corrected chi connectivity index (χ2v) is 4.40. The Morgan fingerprint density at radius 3 is 2.41 bits per heavy atom. The summed E-state index contributed by atoms with van der Waals surface area (Å²) in [5, 5.41) is 0. The van der Waals surface area contributed by atoms with Crippen LogP contribution in [0.5, 0.6) is 5.75 Å². The van der Waals surface area contributed by atoms with Crippen molar-refractivity contribution in [3.63, 3.8) is 0 Å². The molecular weight excluding hydrogens is 288 g/mol. The first-order chi connectivity index (χ1) is 10.3. The van der Waals surface area contributed by atoms with Crippen molar-refractivity contribution in [3.8, 4) is 5.75 Å². The number of ether oxygens (including phenoxy) is 3. The molecule has 0 saturated carbocycles. The molecule has 0 radical (unpaired) electrons. The summed E-state index contributed by atoms with van der Waals surface area (Å²) < 4.78 is 15.0. The van der Waals surface area contributed by atoms with Crippen LogP contribution in [0.2, 0.25) is 0 Å². The Labute approximate surface area is 128 Å². The van der Waals surface area contributed by atoms with Gasteiger partial charge in [0.25, 0.3) is 0 Å². The first kappa shape index (κ1) is 17.4. The fourth-order valence-electron chi connectivity index (χ4n) is 1.74. The average molecular weight is 306 g/mol. The van der Waals surface area contributed by atoms with Crippen LogP contribution in [0.1, 0.15) is 32.4 Å². The summed E-state index contributed by atoms with van der Waals surface area (Å²) in [4.78, 5) is 34.1. The molecule has 1 aromatic rings. The maximum Gasteiger partial charge on any atom is 0.337 e. The summed E-state index contributed by atoms with van der Waals surface area (Å²) >= 11 is 0. The molecule has 0 saturated heterocycles. The number of benzene rings is 1. The number of rotatable bonds is 6. The molecule has 6 heteroatoms. The molecule has 0 aromatic heterocycles. The summed E-state index contributed by atoms with van der Waals surface area (Å²) in [5.74, 6) is -1.44. The quantitative estimate of drug-likeness (QED) is 0.456. The number of hydrogen-bond acceptors (Lipinski definition) is 6. The lowest BCUT2D eigenvalue weighted by Crippen LogP contribution is -2.18. The maximum absolute atomic E-state index is 11.8. The van der Waals surface area contributed by atoms with E-state index in [4.69, 9.17) is 14.2 Å². The van der Waals surface area contributed by atoms with E-state index in [1.807, 2.05) is 0 Å². The summed E-state index contributed by atoms with van der Waals surface area (Å²) in [7, 11) is 0. The molecular formula is C16H18O6. The summed E-state index contributed by atoms with van der Waals surface area (Å²) in [5.41, 5.74) is 0.434. The smallest absolute Gasteiger partial charge is 0.337 e. The van der Waals surface area contributed by atoms with Crippen LogP contribution >= 0.6 is 0 Å². The molecule has 0 heterocycles. The van der Waals surface area contributed by atoms with Crippen molar-refractivity contribution in [2.24, 2.45) is 0 Å². The highest BCUT2D eigenvalue weighted by atomic mass is 16.6. The lowest BCUT2D eigenvalue weighted by molar-refractivity contribution is -0.148. The molecule has 0 amide bonds. The zero-order valence-electron chi connectivity index (χ0n) is 12.8. The highest BCUT2D eigenvalue weighted by molar-refractivity contribution is 5.89. The van der Waals surface area contributed by atoms with Gasteiger partial charge in [-0.1, -0.05) is 18.7 Å². The normalized spacial score (nSPS) is 11.2. The van der Waals surface area contributed by atoms with Gasteiger partial charge in [0.05, 0.1) is 12.2 Å². The Kier molecular flexibility index (Phi) is 6.31. The predicted octanol–water partition coefficient (Wildman–Crippen LogP) is 2.34. The summed E-state index contributed by atoms with van der Waals surface area (Å²) in [6.07, 6.45) is -1.01. The Morgan fingerprint density at radius 2 is 1.86 bits per heavy atom. The van der Waals surface area contributed by atoms with Crippen LogP contribution in [0.25, 0.3) is 0 Å². The van der Waals surface area contributed by atoms with Gasteiger partial charge < -0.3 is 14.2 Å². The molecule has 0 aliphatic rings. The van der Waals surface area contributed by atoms with E-state index in [-0.39, 0.29) is 17.9 Å². The van der Waals surface area contributed by atoms with Crippen LogP contribution in [-0.4, -0.2) is 24.5 Å². The van der Waals surface area contributed by atoms with E-state index >= 15 is 0 Å². The molecule has 1 rings (SSSR count). The zero-order chi connectivity index (χ0) is 16.7. The van der Waals surface area contributed by atoms with Gasteiger partial charge in [-0.25, -0.2) is 4.79 Å². The van der Waals surface area contributed by atoms with E-state index in [0.717, 1.165) is 0 Å². The largest absolute Gasteiger partial charge is 0.463 e. The Balaban J connectivity index is 3.11. The molecule has 1 unspecified atom stereocenters. The van der Waals surface area contributed by atoms with Crippen LogP contribution < -0.4 is 4.74 Å². The number of carbonyl (C=O) groups is 3. The van der Waals surface area contributed by atoms with Crippen LogP contribution in [0.15, 0.2) is 36.4 Å². The van der Waals surface area contributed by atoms with E-state index in [2.05, 4.69) is 6.58 Å². The van der Waals surface area contributed by atoms with Gasteiger partial charge in [-0.05, 0) is 19.1 Å². The second kappa shape index (κ2) is 7.97. The van der Waals surface area contributed by atoms with E-state index in [9.17, 15) is 14.4 Å². The van der Waals surface area contributed by atoms with Crippen LogP contribution in [0, 0.1) is 0 Å². The van der Waals surface area contributed by atoms with Gasteiger partial charge in [-0.3, -0.25) is 9.59 Å². The van der Waals surface area contributed by atoms with Crippen LogP contribution in [0.4, 0.5) is 0 Å². The van der Waals surface area contributed by atoms with Crippen molar-refractivity contribution >= 4 is 17.9 Å². The van der Waals surface area contributed by atoms with Crippen molar-refractivity contribution in [2.75, 3.05) is 6.61 Å². The fraction of sp³-hybridized carbons (Fsp3) is 0.312. The molecule has 0 aliphatic heterocycles. The molecule has 1 aromatic carbocycles. The lowest BCUT2D eigenvalue weighted by atomic mass is 10.0. The van der Waals surface area contributed by atoms with Crippen molar-refractivity contribution in [1.82, 2.24) is 0 Å². The van der Waals surface area contributed by atoms with E-state index < -0.39 is 24.0 Å².